The highest BCUT2D eigenvalue weighted by Gasteiger charge is 2.22. The molecule has 19 heavy (non-hydrogen) atoms. The Labute approximate surface area is 114 Å². The molecule has 0 radical (unpaired) electrons. The molecule has 0 bridgehead atoms. The van der Waals surface area contributed by atoms with Crippen molar-refractivity contribution in [2.75, 3.05) is 27.2 Å². The lowest BCUT2D eigenvalue weighted by molar-refractivity contribution is -0.605. The van der Waals surface area contributed by atoms with Gasteiger partial charge in [0.2, 0.25) is 0 Å². The van der Waals surface area contributed by atoms with Gasteiger partial charge in [-0.3, -0.25) is 4.79 Å². The quantitative estimate of drug-likeness (QED) is 0.601. The summed E-state index contributed by atoms with van der Waals surface area (Å²) in [4.78, 5) is 16.3. The topological polar surface area (TPSA) is 50.5 Å². The fourth-order valence-corrected chi connectivity index (χ4v) is 2.55. The summed E-state index contributed by atoms with van der Waals surface area (Å²) in [5.41, 5.74) is 0.563. The SMILES string of the molecule is CN(C[C@H]1CCCCN1C)C(=O)c1cc[n+]([O-])cc1. The van der Waals surface area contributed by atoms with E-state index in [1.165, 1.54) is 25.2 Å². The van der Waals surface area contributed by atoms with Gasteiger partial charge in [0.05, 0.1) is 5.56 Å². The van der Waals surface area contributed by atoms with Crippen molar-refractivity contribution >= 4 is 5.91 Å². The van der Waals surface area contributed by atoms with E-state index in [0.29, 0.717) is 16.3 Å². The predicted molar refractivity (Wildman–Crippen MR) is 72.6 cm³/mol. The van der Waals surface area contributed by atoms with Crippen LogP contribution in [0.4, 0.5) is 0 Å². The summed E-state index contributed by atoms with van der Waals surface area (Å²) >= 11 is 0. The van der Waals surface area contributed by atoms with Gasteiger partial charge in [0.15, 0.2) is 12.4 Å². The number of likely N-dealkylation sites (N-methyl/N-ethyl adjacent to an activating group) is 2. The van der Waals surface area contributed by atoms with E-state index in [4.69, 9.17) is 0 Å². The molecule has 5 nitrogen and oxygen atoms in total. The maximum Gasteiger partial charge on any atom is 0.254 e. The molecule has 1 fully saturated rings. The summed E-state index contributed by atoms with van der Waals surface area (Å²) < 4.78 is 0.686. The van der Waals surface area contributed by atoms with E-state index in [0.717, 1.165) is 19.5 Å². The Morgan fingerprint density at radius 1 is 1.47 bits per heavy atom. The van der Waals surface area contributed by atoms with Crippen LogP contribution in [0.1, 0.15) is 29.6 Å². The zero-order chi connectivity index (χ0) is 13.8. The van der Waals surface area contributed by atoms with Crippen LogP contribution in [0.25, 0.3) is 0 Å². The molecule has 1 atom stereocenters. The van der Waals surface area contributed by atoms with Crippen LogP contribution in [-0.4, -0.2) is 48.9 Å². The van der Waals surface area contributed by atoms with Crippen LogP contribution in [0, 0.1) is 5.21 Å². The van der Waals surface area contributed by atoms with Crippen LogP contribution in [0.3, 0.4) is 0 Å². The van der Waals surface area contributed by atoms with Crippen molar-refractivity contribution in [1.29, 1.82) is 0 Å². The van der Waals surface area contributed by atoms with Crippen LogP contribution in [0.5, 0.6) is 0 Å². The molecular weight excluding hydrogens is 242 g/mol. The highest BCUT2D eigenvalue weighted by molar-refractivity contribution is 5.93. The molecule has 0 aromatic carbocycles. The number of amides is 1. The lowest BCUT2D eigenvalue weighted by Gasteiger charge is -2.35. The molecule has 104 valence electrons. The molecule has 0 saturated carbocycles. The number of hydrogen-bond donors (Lipinski definition) is 0. The Balaban J connectivity index is 1.97. The van der Waals surface area contributed by atoms with Gasteiger partial charge in [0.1, 0.15) is 0 Å². The molecule has 1 amide bonds. The smallest absolute Gasteiger partial charge is 0.254 e. The van der Waals surface area contributed by atoms with E-state index < -0.39 is 0 Å². The molecule has 1 aliphatic heterocycles. The van der Waals surface area contributed by atoms with E-state index in [-0.39, 0.29) is 5.91 Å². The van der Waals surface area contributed by atoms with Crippen LogP contribution in [-0.2, 0) is 0 Å². The second-order valence-corrected chi connectivity index (χ2v) is 5.26. The number of nitrogens with zero attached hydrogens (tertiary/aromatic N) is 3. The minimum absolute atomic E-state index is 0.0282. The second-order valence-electron chi connectivity index (χ2n) is 5.26. The first-order valence-corrected chi connectivity index (χ1v) is 6.72. The molecule has 1 aromatic rings. The van der Waals surface area contributed by atoms with Crippen molar-refractivity contribution in [1.82, 2.24) is 9.80 Å². The molecule has 2 rings (SSSR count). The number of pyridine rings is 1. The van der Waals surface area contributed by atoms with Crippen molar-refractivity contribution in [2.45, 2.75) is 25.3 Å². The fraction of sp³-hybridized carbons (Fsp3) is 0.571. The van der Waals surface area contributed by atoms with Crippen molar-refractivity contribution in [3.63, 3.8) is 0 Å². The summed E-state index contributed by atoms with van der Waals surface area (Å²) in [5.74, 6) is -0.0282. The van der Waals surface area contributed by atoms with Crippen molar-refractivity contribution in [2.24, 2.45) is 0 Å². The van der Waals surface area contributed by atoms with Crippen molar-refractivity contribution in [3.05, 3.63) is 35.3 Å². The van der Waals surface area contributed by atoms with E-state index in [2.05, 4.69) is 11.9 Å². The van der Waals surface area contributed by atoms with E-state index >= 15 is 0 Å². The average molecular weight is 263 g/mol. The third-order valence-electron chi connectivity index (χ3n) is 3.80. The van der Waals surface area contributed by atoms with Crippen molar-refractivity contribution in [3.8, 4) is 0 Å². The molecule has 5 heteroatoms. The first-order chi connectivity index (χ1) is 9.08. The van der Waals surface area contributed by atoms with Gasteiger partial charge in [-0.15, -0.1) is 0 Å². The summed E-state index contributed by atoms with van der Waals surface area (Å²) in [7, 11) is 3.94. The van der Waals surface area contributed by atoms with Gasteiger partial charge in [0.25, 0.3) is 5.91 Å². The Morgan fingerprint density at radius 2 is 2.16 bits per heavy atom. The molecule has 2 heterocycles. The molecule has 0 aliphatic carbocycles. The lowest BCUT2D eigenvalue weighted by Crippen LogP contribution is -2.45. The maximum absolute atomic E-state index is 12.2. The number of rotatable bonds is 3. The van der Waals surface area contributed by atoms with Gasteiger partial charge < -0.3 is 15.0 Å². The fourth-order valence-electron chi connectivity index (χ4n) is 2.55. The second kappa shape index (κ2) is 6.02. The largest absolute Gasteiger partial charge is 0.619 e. The van der Waals surface area contributed by atoms with Gasteiger partial charge in [-0.1, -0.05) is 6.42 Å². The highest BCUT2D eigenvalue weighted by Crippen LogP contribution is 2.16. The third-order valence-corrected chi connectivity index (χ3v) is 3.80. The Hall–Kier alpha value is -1.62. The van der Waals surface area contributed by atoms with Gasteiger partial charge >= 0.3 is 0 Å². The Morgan fingerprint density at radius 3 is 2.79 bits per heavy atom. The van der Waals surface area contributed by atoms with Gasteiger partial charge in [-0.05, 0) is 26.4 Å². The lowest BCUT2D eigenvalue weighted by atomic mass is 10.0. The maximum atomic E-state index is 12.2. The molecule has 1 aromatic heterocycles. The Bertz CT molecular complexity index is 433. The number of piperidine rings is 1. The zero-order valence-electron chi connectivity index (χ0n) is 11.6. The standard InChI is InChI=1S/C14H21N3O2/c1-15-8-4-3-5-13(15)11-16(2)14(18)12-6-9-17(19)10-7-12/h6-7,9-10,13H,3-5,8,11H2,1-2H3/t13-/m1/s1. The Kier molecular flexibility index (Phi) is 4.37. The summed E-state index contributed by atoms with van der Waals surface area (Å²) in [6.45, 7) is 1.84. The zero-order valence-corrected chi connectivity index (χ0v) is 11.6. The molecule has 0 N–H and O–H groups in total. The number of hydrogen-bond acceptors (Lipinski definition) is 3. The normalized spacial score (nSPS) is 20.2. The summed E-state index contributed by atoms with van der Waals surface area (Å²) in [6, 6.07) is 3.57. The van der Waals surface area contributed by atoms with E-state index in [9.17, 15) is 10.0 Å². The molecule has 1 saturated heterocycles. The van der Waals surface area contributed by atoms with E-state index in [1.54, 1.807) is 17.0 Å². The monoisotopic (exact) mass is 263 g/mol. The third kappa shape index (κ3) is 3.44. The van der Waals surface area contributed by atoms with E-state index in [1.807, 2.05) is 7.05 Å². The van der Waals surface area contributed by atoms with Gasteiger partial charge in [-0.25, -0.2) is 0 Å². The van der Waals surface area contributed by atoms with Gasteiger partial charge in [-0.2, -0.15) is 4.73 Å². The summed E-state index contributed by atoms with van der Waals surface area (Å²) in [5, 5.41) is 11.0. The average Bonchev–Trinajstić information content (AvgIpc) is 2.41. The number of likely N-dealkylation sites (tertiary alicyclic amines) is 1. The molecular formula is C14H21N3O2. The minimum Gasteiger partial charge on any atom is -0.619 e. The molecule has 0 spiro atoms. The van der Waals surface area contributed by atoms with Crippen LogP contribution in [0.15, 0.2) is 24.5 Å². The first-order valence-electron chi connectivity index (χ1n) is 6.72. The first kappa shape index (κ1) is 13.8. The van der Waals surface area contributed by atoms with Crippen LogP contribution < -0.4 is 4.73 Å². The number of aromatic nitrogens is 1. The van der Waals surface area contributed by atoms with Crippen molar-refractivity contribution < 1.29 is 9.52 Å². The summed E-state index contributed by atoms with van der Waals surface area (Å²) in [6.07, 6.45) is 6.33. The highest BCUT2D eigenvalue weighted by atomic mass is 16.5. The number of carbonyl (C=O) groups is 1. The molecule has 0 unspecified atom stereocenters. The van der Waals surface area contributed by atoms with Gasteiger partial charge in [0, 0.05) is 31.8 Å². The van der Waals surface area contributed by atoms with Crippen LogP contribution in [0.2, 0.25) is 0 Å². The molecule has 1 aliphatic rings. The van der Waals surface area contributed by atoms with Crippen LogP contribution >= 0.6 is 0 Å². The number of carbonyl (C=O) groups excluding carboxylic acids is 1. The minimum atomic E-state index is -0.0282. The predicted octanol–water partition coefficient (Wildman–Crippen LogP) is 0.876.